The third kappa shape index (κ3) is 3.76. The van der Waals surface area contributed by atoms with Crippen LogP contribution < -0.4 is 5.32 Å². The molecule has 6 nitrogen and oxygen atoms in total. The molecule has 0 saturated carbocycles. The first kappa shape index (κ1) is 22.0. The van der Waals surface area contributed by atoms with Crippen molar-refractivity contribution in [1.82, 2.24) is 5.32 Å². The van der Waals surface area contributed by atoms with Gasteiger partial charge in [-0.25, -0.2) is 8.42 Å². The van der Waals surface area contributed by atoms with Gasteiger partial charge in [-0.2, -0.15) is 5.26 Å². The molecule has 0 heterocycles. The highest BCUT2D eigenvalue weighted by Crippen LogP contribution is 2.49. The fraction of sp³-hybridized carbons (Fsp3) is 0.320. The Labute approximate surface area is 187 Å². The van der Waals surface area contributed by atoms with E-state index in [2.05, 4.69) is 25.2 Å². The number of fused-ring (bicyclic) bond motifs is 3. The maximum Gasteiger partial charge on any atom is 0.251 e. The first-order valence-corrected chi connectivity index (χ1v) is 12.5. The third-order valence-corrected chi connectivity index (χ3v) is 7.36. The number of carbonyl (C=O) groups is 2. The number of benzene rings is 2. The summed E-state index contributed by atoms with van der Waals surface area (Å²) in [6.07, 6.45) is 2.11. The van der Waals surface area contributed by atoms with Crippen LogP contribution in [0.5, 0.6) is 0 Å². The average molecular weight is 449 g/mol. The molecule has 0 bridgehead atoms. The lowest BCUT2D eigenvalue weighted by atomic mass is 9.68. The van der Waals surface area contributed by atoms with E-state index in [1.54, 1.807) is 24.3 Å². The van der Waals surface area contributed by atoms with E-state index in [9.17, 15) is 23.3 Å². The number of Topliss-reactive ketones (excluding diaryl/α,β-unsaturated/α-hetero) is 1. The van der Waals surface area contributed by atoms with Gasteiger partial charge in [0.25, 0.3) is 5.91 Å². The van der Waals surface area contributed by atoms with E-state index in [0.717, 1.165) is 22.3 Å². The summed E-state index contributed by atoms with van der Waals surface area (Å²) in [5.74, 6) is -0.333. The van der Waals surface area contributed by atoms with Gasteiger partial charge >= 0.3 is 0 Å². The number of sulfone groups is 1. The molecule has 7 heteroatoms. The van der Waals surface area contributed by atoms with Crippen molar-refractivity contribution in [3.8, 4) is 6.07 Å². The number of carbonyl (C=O) groups excluding carboxylic acids is 2. The monoisotopic (exact) mass is 448 g/mol. The standard InChI is InChI=1S/C25H24N2O4S/c1-25(2)20-12-16(24(29)27-9-4-10-32(3,30)31)6-8-19(20)23(28)22-18-7-5-15(14-26)11-17(18)13-21(22)25/h5-8,11-12H,4,9-10,13H2,1-3H3,(H,27,29). The van der Waals surface area contributed by atoms with Crippen molar-refractivity contribution in [1.29, 1.82) is 5.26 Å². The van der Waals surface area contributed by atoms with Crippen LogP contribution in [0.4, 0.5) is 0 Å². The maximum absolute atomic E-state index is 13.4. The van der Waals surface area contributed by atoms with Crippen molar-refractivity contribution in [2.45, 2.75) is 32.1 Å². The molecule has 2 aliphatic rings. The van der Waals surface area contributed by atoms with Crippen LogP contribution in [0.25, 0.3) is 5.57 Å². The Bertz CT molecular complexity index is 1340. The molecule has 4 rings (SSSR count). The molecule has 0 fully saturated rings. The number of hydrogen-bond donors (Lipinski definition) is 1. The van der Waals surface area contributed by atoms with E-state index in [1.807, 2.05) is 12.1 Å². The number of nitrogens with one attached hydrogen (secondary N) is 1. The summed E-state index contributed by atoms with van der Waals surface area (Å²) in [4.78, 5) is 26.0. The average Bonchev–Trinajstić information content (AvgIpc) is 3.14. The topological polar surface area (TPSA) is 104 Å². The summed E-state index contributed by atoms with van der Waals surface area (Å²) >= 11 is 0. The Hall–Kier alpha value is -3.24. The SMILES string of the molecule is CC1(C)C2=C(C(=O)c3ccc(C(=O)NCCCS(C)(=O)=O)cc31)c1ccc(C#N)cc1C2. The summed E-state index contributed by atoms with van der Waals surface area (Å²) in [6.45, 7) is 4.37. The van der Waals surface area contributed by atoms with Crippen LogP contribution in [-0.4, -0.2) is 38.7 Å². The maximum atomic E-state index is 13.4. The van der Waals surface area contributed by atoms with Crippen molar-refractivity contribution in [3.63, 3.8) is 0 Å². The van der Waals surface area contributed by atoms with E-state index in [1.165, 1.54) is 6.26 Å². The highest BCUT2D eigenvalue weighted by Gasteiger charge is 2.43. The number of nitrogens with zero attached hydrogens (tertiary/aromatic N) is 1. The fourth-order valence-corrected chi connectivity index (χ4v) is 5.29. The Morgan fingerprint density at radius 3 is 2.56 bits per heavy atom. The third-order valence-electron chi connectivity index (χ3n) is 6.33. The van der Waals surface area contributed by atoms with Gasteiger partial charge in [-0.1, -0.05) is 19.9 Å². The van der Waals surface area contributed by atoms with Crippen molar-refractivity contribution >= 4 is 27.1 Å². The highest BCUT2D eigenvalue weighted by molar-refractivity contribution is 7.90. The number of hydrogen-bond acceptors (Lipinski definition) is 5. The van der Waals surface area contributed by atoms with Crippen LogP contribution in [0.3, 0.4) is 0 Å². The Morgan fingerprint density at radius 2 is 1.88 bits per heavy atom. The van der Waals surface area contributed by atoms with Gasteiger partial charge in [0.1, 0.15) is 9.84 Å². The molecule has 0 unspecified atom stereocenters. The van der Waals surface area contributed by atoms with E-state index in [-0.39, 0.29) is 24.0 Å². The zero-order valence-corrected chi connectivity index (χ0v) is 19.1. The van der Waals surface area contributed by atoms with E-state index in [4.69, 9.17) is 0 Å². The van der Waals surface area contributed by atoms with Crippen LogP contribution in [0.15, 0.2) is 42.0 Å². The summed E-state index contributed by atoms with van der Waals surface area (Å²) < 4.78 is 22.5. The molecule has 0 spiro atoms. The first-order valence-electron chi connectivity index (χ1n) is 10.4. The Balaban J connectivity index is 1.63. The van der Waals surface area contributed by atoms with Crippen LogP contribution >= 0.6 is 0 Å². The molecule has 32 heavy (non-hydrogen) atoms. The van der Waals surface area contributed by atoms with Gasteiger partial charge in [-0.05, 0) is 65.4 Å². The summed E-state index contributed by atoms with van der Waals surface area (Å²) in [7, 11) is -3.07. The van der Waals surface area contributed by atoms with Crippen molar-refractivity contribution < 1.29 is 18.0 Å². The molecule has 1 N–H and O–H groups in total. The second-order valence-corrected chi connectivity index (χ2v) is 11.2. The van der Waals surface area contributed by atoms with Gasteiger partial charge in [0.15, 0.2) is 5.78 Å². The van der Waals surface area contributed by atoms with E-state index in [0.29, 0.717) is 35.1 Å². The quantitative estimate of drug-likeness (QED) is 0.708. The molecule has 0 aromatic heterocycles. The number of ketones is 1. The molecule has 0 saturated heterocycles. The lowest BCUT2D eigenvalue weighted by Crippen LogP contribution is -2.31. The fourth-order valence-electron chi connectivity index (χ4n) is 4.62. The second kappa shape index (κ2) is 7.72. The number of allylic oxidation sites excluding steroid dienone is 2. The molecule has 1 amide bonds. The lowest BCUT2D eigenvalue weighted by molar-refractivity contribution is 0.0952. The number of rotatable bonds is 5. The van der Waals surface area contributed by atoms with Crippen LogP contribution in [-0.2, 0) is 21.7 Å². The summed E-state index contributed by atoms with van der Waals surface area (Å²) in [6, 6.07) is 12.7. The molecule has 0 atom stereocenters. The van der Waals surface area contributed by atoms with Gasteiger partial charge in [0, 0.05) is 34.9 Å². The normalized spacial score (nSPS) is 16.1. The predicted molar refractivity (Wildman–Crippen MR) is 122 cm³/mol. The molecular weight excluding hydrogens is 424 g/mol. The summed E-state index contributed by atoms with van der Waals surface area (Å²) in [5.41, 5.74) is 5.51. The van der Waals surface area contributed by atoms with Crippen molar-refractivity contribution in [2.24, 2.45) is 0 Å². The predicted octanol–water partition coefficient (Wildman–Crippen LogP) is 3.21. The molecule has 2 aromatic carbocycles. The van der Waals surface area contributed by atoms with Crippen LogP contribution in [0, 0.1) is 11.3 Å². The largest absolute Gasteiger partial charge is 0.352 e. The molecule has 2 aliphatic carbocycles. The molecule has 2 aromatic rings. The first-order chi connectivity index (χ1) is 15.0. The minimum Gasteiger partial charge on any atom is -0.352 e. The van der Waals surface area contributed by atoms with Gasteiger partial charge in [-0.3, -0.25) is 9.59 Å². The Morgan fingerprint density at radius 1 is 1.16 bits per heavy atom. The van der Waals surface area contributed by atoms with E-state index < -0.39 is 15.3 Å². The molecule has 164 valence electrons. The number of nitriles is 1. The molecule has 0 aliphatic heterocycles. The Kier molecular flexibility index (Phi) is 5.30. The van der Waals surface area contributed by atoms with E-state index >= 15 is 0 Å². The number of amides is 1. The minimum absolute atomic E-state index is 0.0179. The molecular formula is C25H24N2O4S. The zero-order chi connectivity index (χ0) is 23.3. The highest BCUT2D eigenvalue weighted by atomic mass is 32.2. The summed E-state index contributed by atoms with van der Waals surface area (Å²) in [5, 5.41) is 12.0. The van der Waals surface area contributed by atoms with Crippen molar-refractivity contribution in [3.05, 3.63) is 75.4 Å². The lowest BCUT2D eigenvalue weighted by Gasteiger charge is -2.34. The smallest absolute Gasteiger partial charge is 0.251 e. The van der Waals surface area contributed by atoms with Gasteiger partial charge < -0.3 is 5.32 Å². The van der Waals surface area contributed by atoms with Gasteiger partial charge in [-0.15, -0.1) is 0 Å². The minimum atomic E-state index is -3.07. The second-order valence-electron chi connectivity index (χ2n) is 8.97. The zero-order valence-electron chi connectivity index (χ0n) is 18.3. The van der Waals surface area contributed by atoms with Crippen LogP contribution in [0.2, 0.25) is 0 Å². The van der Waals surface area contributed by atoms with Gasteiger partial charge in [0.05, 0.1) is 17.4 Å². The van der Waals surface area contributed by atoms with Crippen molar-refractivity contribution in [2.75, 3.05) is 18.6 Å². The van der Waals surface area contributed by atoms with Crippen LogP contribution in [0.1, 0.15) is 63.2 Å². The molecule has 0 radical (unpaired) electrons. The van der Waals surface area contributed by atoms with Gasteiger partial charge in [0.2, 0.25) is 0 Å².